The molecule has 1 aromatic carbocycles. The van der Waals surface area contributed by atoms with Gasteiger partial charge in [0.25, 0.3) is 0 Å². The molecule has 126 valence electrons. The zero-order valence-corrected chi connectivity index (χ0v) is 14.7. The van der Waals surface area contributed by atoms with E-state index in [0.717, 1.165) is 30.8 Å². The molecule has 5 rings (SSSR count). The topological polar surface area (TPSA) is 62.6 Å². The summed E-state index contributed by atoms with van der Waals surface area (Å²) in [6.07, 6.45) is 5.86. The van der Waals surface area contributed by atoms with Gasteiger partial charge >= 0.3 is 0 Å². The maximum Gasteiger partial charge on any atom is 0.0925 e. The highest BCUT2D eigenvalue weighted by Gasteiger charge is 2.30. The van der Waals surface area contributed by atoms with Gasteiger partial charge in [0.1, 0.15) is 0 Å². The summed E-state index contributed by atoms with van der Waals surface area (Å²) in [4.78, 5) is 14.8. The fourth-order valence-electron chi connectivity index (χ4n) is 3.71. The Hall–Kier alpha value is -2.51. The molecule has 4 heterocycles. The third-order valence-corrected chi connectivity index (χ3v) is 5.78. The van der Waals surface area contributed by atoms with Crippen LogP contribution in [0.5, 0.6) is 0 Å². The zero-order chi connectivity index (χ0) is 16.8. The second kappa shape index (κ2) is 5.79. The van der Waals surface area contributed by atoms with Crippen molar-refractivity contribution < 1.29 is 0 Å². The van der Waals surface area contributed by atoms with Crippen LogP contribution in [0.2, 0.25) is 0 Å². The molecule has 0 radical (unpaired) electrons. The lowest BCUT2D eigenvalue weighted by Crippen LogP contribution is -2.33. The van der Waals surface area contributed by atoms with E-state index in [0.29, 0.717) is 0 Å². The third-order valence-electron chi connectivity index (χ3n) is 4.86. The Bertz CT molecular complexity index is 1030. The van der Waals surface area contributed by atoms with Gasteiger partial charge in [0.05, 0.1) is 39.6 Å². The Morgan fingerprint density at radius 1 is 1.32 bits per heavy atom. The SMILES string of the molecule is Cn1cc(C2CN(Cc3cccc4ncsc34)Cc3[nH]cnc32)cn1. The predicted molar refractivity (Wildman–Crippen MR) is 97.4 cm³/mol. The monoisotopic (exact) mass is 350 g/mol. The molecular weight excluding hydrogens is 332 g/mol. The van der Waals surface area contributed by atoms with Crippen molar-refractivity contribution in [3.05, 3.63) is 64.9 Å². The van der Waals surface area contributed by atoms with Crippen LogP contribution in [0.25, 0.3) is 10.2 Å². The summed E-state index contributed by atoms with van der Waals surface area (Å²) < 4.78 is 3.15. The minimum Gasteiger partial charge on any atom is -0.347 e. The highest BCUT2D eigenvalue weighted by molar-refractivity contribution is 7.16. The molecular formula is C18H18N6S. The van der Waals surface area contributed by atoms with Crippen LogP contribution in [0.4, 0.5) is 0 Å². The molecule has 1 aliphatic heterocycles. The number of hydrogen-bond donors (Lipinski definition) is 1. The summed E-state index contributed by atoms with van der Waals surface area (Å²) in [7, 11) is 1.96. The van der Waals surface area contributed by atoms with Crippen LogP contribution in [0, 0.1) is 0 Å². The number of H-pyrrole nitrogens is 1. The quantitative estimate of drug-likeness (QED) is 0.617. The maximum absolute atomic E-state index is 4.58. The molecule has 6 nitrogen and oxygen atoms in total. The Labute approximate surface area is 149 Å². The van der Waals surface area contributed by atoms with Gasteiger partial charge in [-0.2, -0.15) is 5.10 Å². The van der Waals surface area contributed by atoms with Crippen molar-refractivity contribution in [2.75, 3.05) is 6.54 Å². The molecule has 0 fully saturated rings. The molecule has 1 N–H and O–H groups in total. The van der Waals surface area contributed by atoms with Gasteiger partial charge in [-0.15, -0.1) is 11.3 Å². The van der Waals surface area contributed by atoms with Crippen molar-refractivity contribution in [3.63, 3.8) is 0 Å². The number of aryl methyl sites for hydroxylation is 1. The van der Waals surface area contributed by atoms with E-state index in [-0.39, 0.29) is 5.92 Å². The van der Waals surface area contributed by atoms with E-state index < -0.39 is 0 Å². The molecule has 0 amide bonds. The van der Waals surface area contributed by atoms with Crippen molar-refractivity contribution in [3.8, 4) is 0 Å². The number of rotatable bonds is 3. The minimum absolute atomic E-state index is 0.254. The second-order valence-corrected chi connectivity index (χ2v) is 7.41. The largest absolute Gasteiger partial charge is 0.347 e. The number of benzene rings is 1. The first-order valence-electron chi connectivity index (χ1n) is 8.32. The molecule has 0 spiro atoms. The van der Waals surface area contributed by atoms with E-state index in [9.17, 15) is 0 Å². The second-order valence-electron chi connectivity index (χ2n) is 6.55. The number of fused-ring (bicyclic) bond motifs is 2. The Morgan fingerprint density at radius 3 is 3.16 bits per heavy atom. The van der Waals surface area contributed by atoms with Crippen molar-refractivity contribution in [2.24, 2.45) is 7.05 Å². The molecule has 0 aliphatic carbocycles. The van der Waals surface area contributed by atoms with Crippen molar-refractivity contribution in [1.82, 2.24) is 29.6 Å². The Morgan fingerprint density at radius 2 is 2.28 bits per heavy atom. The minimum atomic E-state index is 0.254. The highest BCUT2D eigenvalue weighted by Crippen LogP contribution is 2.33. The summed E-state index contributed by atoms with van der Waals surface area (Å²) in [6.45, 7) is 2.74. The summed E-state index contributed by atoms with van der Waals surface area (Å²) >= 11 is 1.72. The molecule has 0 bridgehead atoms. The predicted octanol–water partition coefficient (Wildman–Crippen LogP) is 2.90. The van der Waals surface area contributed by atoms with E-state index in [2.05, 4.69) is 49.3 Å². The molecule has 1 atom stereocenters. The van der Waals surface area contributed by atoms with Gasteiger partial charge in [0.15, 0.2) is 0 Å². The van der Waals surface area contributed by atoms with Gasteiger partial charge in [-0.25, -0.2) is 9.97 Å². The summed E-state index contributed by atoms with van der Waals surface area (Å²) in [5.41, 5.74) is 7.93. The first-order valence-corrected chi connectivity index (χ1v) is 9.20. The van der Waals surface area contributed by atoms with Gasteiger partial charge in [-0.3, -0.25) is 9.58 Å². The van der Waals surface area contributed by atoms with Gasteiger partial charge in [0, 0.05) is 44.4 Å². The van der Waals surface area contributed by atoms with E-state index in [4.69, 9.17) is 0 Å². The number of nitrogens with one attached hydrogen (secondary N) is 1. The first-order chi connectivity index (χ1) is 12.3. The zero-order valence-electron chi connectivity index (χ0n) is 13.9. The van der Waals surface area contributed by atoms with Gasteiger partial charge in [-0.05, 0) is 11.6 Å². The van der Waals surface area contributed by atoms with Crippen LogP contribution >= 0.6 is 11.3 Å². The van der Waals surface area contributed by atoms with Crippen molar-refractivity contribution >= 4 is 21.6 Å². The van der Waals surface area contributed by atoms with Gasteiger partial charge in [0.2, 0.25) is 0 Å². The average molecular weight is 350 g/mol. The molecule has 7 heteroatoms. The van der Waals surface area contributed by atoms with Crippen LogP contribution in [0.3, 0.4) is 0 Å². The summed E-state index contributed by atoms with van der Waals surface area (Å²) in [6, 6.07) is 6.39. The molecule has 0 saturated carbocycles. The summed E-state index contributed by atoms with van der Waals surface area (Å²) in [5.74, 6) is 0.254. The summed E-state index contributed by atoms with van der Waals surface area (Å²) in [5, 5.41) is 4.35. The van der Waals surface area contributed by atoms with Crippen LogP contribution in [0.15, 0.2) is 42.4 Å². The van der Waals surface area contributed by atoms with Gasteiger partial charge in [-0.1, -0.05) is 12.1 Å². The Kier molecular flexibility index (Phi) is 3.43. The number of imidazole rings is 1. The smallest absolute Gasteiger partial charge is 0.0925 e. The molecule has 4 aromatic rings. The van der Waals surface area contributed by atoms with E-state index in [1.54, 1.807) is 17.7 Å². The molecule has 25 heavy (non-hydrogen) atoms. The number of hydrogen-bond acceptors (Lipinski definition) is 5. The van der Waals surface area contributed by atoms with Crippen LogP contribution in [0.1, 0.15) is 28.4 Å². The lowest BCUT2D eigenvalue weighted by atomic mass is 9.93. The molecule has 1 unspecified atom stereocenters. The van der Waals surface area contributed by atoms with E-state index in [1.807, 2.05) is 23.4 Å². The number of aromatic amines is 1. The molecule has 0 saturated heterocycles. The Balaban J connectivity index is 1.48. The number of aromatic nitrogens is 5. The fourth-order valence-corrected chi connectivity index (χ4v) is 4.50. The van der Waals surface area contributed by atoms with Crippen molar-refractivity contribution in [2.45, 2.75) is 19.0 Å². The van der Waals surface area contributed by atoms with Crippen LogP contribution < -0.4 is 0 Å². The van der Waals surface area contributed by atoms with Crippen LogP contribution in [-0.4, -0.2) is 36.2 Å². The standard InChI is InChI=1S/C18H18N6S/c1-23-6-13(5-22-23)14-8-24(9-16-17(14)20-10-19-16)7-12-3-2-4-15-18(12)25-11-21-15/h2-6,10-11,14H,7-9H2,1H3,(H,19,20). The number of nitrogens with zero attached hydrogens (tertiary/aromatic N) is 5. The third kappa shape index (κ3) is 2.56. The first kappa shape index (κ1) is 14.8. The molecule has 3 aromatic heterocycles. The lowest BCUT2D eigenvalue weighted by molar-refractivity contribution is 0.228. The highest BCUT2D eigenvalue weighted by atomic mass is 32.1. The van der Waals surface area contributed by atoms with E-state index >= 15 is 0 Å². The normalized spacial score (nSPS) is 17.9. The van der Waals surface area contributed by atoms with E-state index in [1.165, 1.54) is 21.5 Å². The number of thiazole rings is 1. The maximum atomic E-state index is 4.58. The van der Waals surface area contributed by atoms with Crippen LogP contribution in [-0.2, 0) is 20.1 Å². The average Bonchev–Trinajstić information content (AvgIpc) is 3.34. The lowest BCUT2D eigenvalue weighted by Gasteiger charge is -2.31. The fraction of sp³-hybridized carbons (Fsp3) is 0.278. The van der Waals surface area contributed by atoms with Gasteiger partial charge < -0.3 is 4.98 Å². The molecule has 1 aliphatic rings. The van der Waals surface area contributed by atoms with Crippen molar-refractivity contribution in [1.29, 1.82) is 0 Å².